The van der Waals surface area contributed by atoms with Crippen LogP contribution in [0.15, 0.2) is 122 Å². The maximum atomic E-state index is 12.6. The fraction of sp³-hybridized carbons (Fsp3) is 0.316. The Labute approximate surface area is 437 Å². The van der Waals surface area contributed by atoms with Gasteiger partial charge in [-0.3, -0.25) is 0 Å². The highest BCUT2D eigenvalue weighted by Gasteiger charge is 2.30. The molecule has 376 valence electrons. The lowest BCUT2D eigenvalue weighted by atomic mass is 10.0. The molecule has 2 fully saturated rings. The Morgan fingerprint density at radius 3 is 1.41 bits per heavy atom. The topological polar surface area (TPSA) is 153 Å². The number of carbonyl (C=O) groups excluding carboxylic acids is 1. The molecule has 0 spiro atoms. The number of piperidine rings is 2. The molecular weight excluding hydrogens is 956 g/mol. The summed E-state index contributed by atoms with van der Waals surface area (Å²) in [5.74, 6) is 1.08. The van der Waals surface area contributed by atoms with Crippen LogP contribution in [0.2, 0.25) is 10.0 Å². The maximum Gasteiger partial charge on any atom is 0.410 e. The van der Waals surface area contributed by atoms with E-state index in [9.17, 15) is 4.79 Å². The van der Waals surface area contributed by atoms with Crippen molar-refractivity contribution < 1.29 is 9.53 Å². The number of aromatic nitrogens is 8. The molecule has 8 aromatic rings. The van der Waals surface area contributed by atoms with Crippen LogP contribution >= 0.6 is 23.2 Å². The van der Waals surface area contributed by atoms with Gasteiger partial charge in [-0.05, 0) is 170 Å². The van der Waals surface area contributed by atoms with E-state index >= 15 is 0 Å². The molecule has 2 saturated heterocycles. The molecule has 10 rings (SSSR count). The third kappa shape index (κ3) is 12.7. The van der Waals surface area contributed by atoms with Crippen molar-refractivity contribution in [3.05, 3.63) is 154 Å². The molecule has 2 aliphatic heterocycles. The van der Waals surface area contributed by atoms with E-state index in [0.29, 0.717) is 41.1 Å². The minimum Gasteiger partial charge on any atom is -0.444 e. The first kappa shape index (κ1) is 50.8. The second-order valence-electron chi connectivity index (χ2n) is 19.9. The number of hydrogen-bond acceptors (Lipinski definition) is 11. The number of likely N-dealkylation sites (tertiary alicyclic amines) is 1. The van der Waals surface area contributed by atoms with Crippen molar-refractivity contribution in [2.75, 3.05) is 36.8 Å². The van der Waals surface area contributed by atoms with Gasteiger partial charge in [0.15, 0.2) is 0 Å². The Hall–Kier alpha value is -7.13. The normalized spacial score (nSPS) is 14.3. The predicted molar refractivity (Wildman–Crippen MR) is 293 cm³/mol. The molecule has 3 N–H and O–H groups in total. The van der Waals surface area contributed by atoms with Gasteiger partial charge < -0.3 is 34.7 Å². The molecular formula is C57H62Cl2N12O2. The SMILES string of the molecule is Cc1cc(C)cc(Nc2nccc(-c3c(-c4ccc(Cl)cc4)ncn3C3CCN(C(=O)OC(C)(C)C)CC3)n2)c1.Cc1cc(C)cc(Nc2nccc(-c3c(-c4ccc(Cl)cc4)ncn3C3CCNCC3)n2)c1. The largest absolute Gasteiger partial charge is 0.444 e. The standard InChI is InChI=1S/C31H35ClN6O2.C26H27ClN6/c1-20-16-21(2)18-24(17-20)35-29-33-13-10-26(36-29)28-27(22-6-8-23(32)9-7-22)34-19-38(28)25-11-14-37(15-12-25)30(39)40-31(3,4)5;1-17-13-18(2)15-21(14-17)31-26-29-12-9-23(32-26)25-24(19-3-5-20(27)6-4-19)30-16-33(25)22-7-10-28-11-8-22/h6-10,13,16-19,25H,11-12,14-15H2,1-5H3,(H,33,35,36);3-6,9,12-16,22,28H,7-8,10-11H2,1-2H3,(H,29,31,32). The van der Waals surface area contributed by atoms with Crippen molar-refractivity contribution in [2.24, 2.45) is 0 Å². The first-order chi connectivity index (χ1) is 35.1. The fourth-order valence-electron chi connectivity index (χ4n) is 9.61. The summed E-state index contributed by atoms with van der Waals surface area (Å²) in [5, 5.41) is 11.6. The molecule has 14 nitrogen and oxygen atoms in total. The van der Waals surface area contributed by atoms with E-state index < -0.39 is 5.60 Å². The van der Waals surface area contributed by atoms with Crippen molar-refractivity contribution in [1.82, 2.24) is 49.3 Å². The summed E-state index contributed by atoms with van der Waals surface area (Å²) in [6.45, 7) is 17.2. The molecule has 16 heteroatoms. The van der Waals surface area contributed by atoms with E-state index in [1.54, 1.807) is 17.3 Å². The van der Waals surface area contributed by atoms with Gasteiger partial charge >= 0.3 is 6.09 Å². The van der Waals surface area contributed by atoms with Crippen LogP contribution < -0.4 is 16.0 Å². The van der Waals surface area contributed by atoms with E-state index in [-0.39, 0.29) is 12.1 Å². The number of imidazole rings is 2. The number of aryl methyl sites for hydroxylation is 4. The Bertz CT molecular complexity index is 3150. The molecule has 2 aliphatic rings. The van der Waals surface area contributed by atoms with E-state index in [2.05, 4.69) is 99.1 Å². The smallest absolute Gasteiger partial charge is 0.410 e. The molecule has 0 saturated carbocycles. The van der Waals surface area contributed by atoms with Crippen LogP contribution in [0.5, 0.6) is 0 Å². The Morgan fingerprint density at radius 1 is 0.589 bits per heavy atom. The lowest BCUT2D eigenvalue weighted by molar-refractivity contribution is 0.0189. The van der Waals surface area contributed by atoms with Crippen molar-refractivity contribution in [3.63, 3.8) is 0 Å². The second-order valence-corrected chi connectivity index (χ2v) is 20.8. The predicted octanol–water partition coefficient (Wildman–Crippen LogP) is 13.5. The molecule has 0 unspecified atom stereocenters. The van der Waals surface area contributed by atoms with E-state index in [1.165, 1.54) is 22.3 Å². The number of benzene rings is 4. The first-order valence-corrected chi connectivity index (χ1v) is 25.6. The van der Waals surface area contributed by atoms with Crippen LogP contribution in [-0.2, 0) is 4.74 Å². The lowest BCUT2D eigenvalue weighted by Gasteiger charge is -2.34. The zero-order valence-electron chi connectivity index (χ0n) is 42.5. The Balaban J connectivity index is 0.000000183. The van der Waals surface area contributed by atoms with Gasteiger partial charge in [0.25, 0.3) is 0 Å². The minimum absolute atomic E-state index is 0.146. The van der Waals surface area contributed by atoms with Gasteiger partial charge in [0, 0.05) is 70.1 Å². The number of carbonyl (C=O) groups is 1. The van der Waals surface area contributed by atoms with Crippen LogP contribution in [0.25, 0.3) is 45.3 Å². The first-order valence-electron chi connectivity index (χ1n) is 24.8. The summed E-state index contributed by atoms with van der Waals surface area (Å²) in [6.07, 6.45) is 10.8. The molecule has 73 heavy (non-hydrogen) atoms. The van der Waals surface area contributed by atoms with Crippen LogP contribution in [0.1, 0.15) is 80.8 Å². The zero-order chi connectivity index (χ0) is 51.2. The van der Waals surface area contributed by atoms with Crippen molar-refractivity contribution in [3.8, 4) is 45.3 Å². The van der Waals surface area contributed by atoms with Crippen LogP contribution in [0.4, 0.5) is 28.1 Å². The number of nitrogens with zero attached hydrogens (tertiary/aromatic N) is 9. The van der Waals surface area contributed by atoms with Crippen molar-refractivity contribution in [1.29, 1.82) is 0 Å². The maximum absolute atomic E-state index is 12.6. The Kier molecular flexibility index (Phi) is 15.5. The third-order valence-corrected chi connectivity index (χ3v) is 13.3. The average molecular weight is 1020 g/mol. The number of ether oxygens (including phenoxy) is 1. The molecule has 4 aromatic carbocycles. The fourth-order valence-corrected chi connectivity index (χ4v) is 9.86. The quantitative estimate of drug-likeness (QED) is 0.120. The molecule has 0 atom stereocenters. The summed E-state index contributed by atoms with van der Waals surface area (Å²) in [5.41, 5.74) is 13.3. The van der Waals surface area contributed by atoms with Gasteiger partial charge in [-0.2, -0.15) is 0 Å². The molecule has 0 bridgehead atoms. The summed E-state index contributed by atoms with van der Waals surface area (Å²) in [6, 6.07) is 32.5. The summed E-state index contributed by atoms with van der Waals surface area (Å²) >= 11 is 12.3. The number of amides is 1. The van der Waals surface area contributed by atoms with E-state index in [1.807, 2.05) is 94.1 Å². The summed E-state index contributed by atoms with van der Waals surface area (Å²) in [4.78, 5) is 42.9. The van der Waals surface area contributed by atoms with Crippen LogP contribution in [0, 0.1) is 27.7 Å². The van der Waals surface area contributed by atoms with E-state index in [4.69, 9.17) is 47.9 Å². The van der Waals surface area contributed by atoms with E-state index in [0.717, 1.165) is 95.4 Å². The number of nitrogens with one attached hydrogen (secondary N) is 3. The van der Waals surface area contributed by atoms with Gasteiger partial charge in [0.2, 0.25) is 11.9 Å². The van der Waals surface area contributed by atoms with Gasteiger partial charge in [-0.1, -0.05) is 59.6 Å². The van der Waals surface area contributed by atoms with Crippen molar-refractivity contribution >= 4 is 52.6 Å². The van der Waals surface area contributed by atoms with Crippen LogP contribution in [0.3, 0.4) is 0 Å². The zero-order valence-corrected chi connectivity index (χ0v) is 44.0. The second kappa shape index (κ2) is 22.3. The van der Waals surface area contributed by atoms with Crippen LogP contribution in [-0.4, -0.2) is 81.8 Å². The summed E-state index contributed by atoms with van der Waals surface area (Å²) in [7, 11) is 0. The van der Waals surface area contributed by atoms with Gasteiger partial charge in [0.05, 0.1) is 46.8 Å². The summed E-state index contributed by atoms with van der Waals surface area (Å²) < 4.78 is 10.1. The van der Waals surface area contributed by atoms with Gasteiger partial charge in [-0.15, -0.1) is 0 Å². The number of rotatable bonds is 10. The van der Waals surface area contributed by atoms with Gasteiger partial charge in [0.1, 0.15) is 5.60 Å². The number of halogens is 2. The Morgan fingerprint density at radius 2 is 1.00 bits per heavy atom. The average Bonchev–Trinajstić information content (AvgIpc) is 4.01. The number of anilines is 4. The minimum atomic E-state index is -0.519. The molecule has 1 amide bonds. The molecule has 0 aliphatic carbocycles. The lowest BCUT2D eigenvalue weighted by Crippen LogP contribution is -2.42. The third-order valence-electron chi connectivity index (χ3n) is 12.8. The highest BCUT2D eigenvalue weighted by atomic mass is 35.5. The molecule has 4 aromatic heterocycles. The van der Waals surface area contributed by atoms with Gasteiger partial charge in [-0.25, -0.2) is 34.7 Å². The monoisotopic (exact) mass is 1020 g/mol. The molecule has 0 radical (unpaired) electrons. The highest BCUT2D eigenvalue weighted by Crippen LogP contribution is 2.38. The van der Waals surface area contributed by atoms with Crippen molar-refractivity contribution in [2.45, 2.75) is 91.8 Å². The molecule has 6 heterocycles. The number of hydrogen-bond donors (Lipinski definition) is 3. The highest BCUT2D eigenvalue weighted by molar-refractivity contribution is 6.31.